The Morgan fingerprint density at radius 1 is 1.20 bits per heavy atom. The van der Waals surface area contributed by atoms with Crippen LogP contribution in [-0.4, -0.2) is 62.7 Å². The Balaban J connectivity index is 2.12. The number of amides is 2. The zero-order valence-electron chi connectivity index (χ0n) is 12.6. The molecule has 6 heteroatoms. The molecule has 1 saturated heterocycles. The van der Waals surface area contributed by atoms with E-state index in [4.69, 9.17) is 4.74 Å². The molecule has 6 nitrogen and oxygen atoms in total. The summed E-state index contributed by atoms with van der Waals surface area (Å²) in [5.41, 5.74) is 0. The van der Waals surface area contributed by atoms with Gasteiger partial charge in [0.1, 0.15) is 0 Å². The molecule has 1 aliphatic rings. The summed E-state index contributed by atoms with van der Waals surface area (Å²) in [5, 5.41) is 5.84. The summed E-state index contributed by atoms with van der Waals surface area (Å²) in [6.07, 6.45) is 3.89. The maximum atomic E-state index is 11.9. The van der Waals surface area contributed by atoms with Crippen LogP contribution in [0.15, 0.2) is 0 Å². The molecule has 0 aromatic heterocycles. The van der Waals surface area contributed by atoms with Crippen LogP contribution in [0, 0.1) is 0 Å². The Morgan fingerprint density at radius 3 is 2.55 bits per heavy atom. The summed E-state index contributed by atoms with van der Waals surface area (Å²) in [5.74, 6) is 0.122. The van der Waals surface area contributed by atoms with Crippen LogP contribution in [0.25, 0.3) is 0 Å². The molecule has 1 atom stereocenters. The third kappa shape index (κ3) is 6.34. The average molecular weight is 285 g/mol. The minimum absolute atomic E-state index is 0.0625. The van der Waals surface area contributed by atoms with Crippen LogP contribution in [0.1, 0.15) is 32.6 Å². The van der Waals surface area contributed by atoms with Gasteiger partial charge in [0.2, 0.25) is 11.8 Å². The van der Waals surface area contributed by atoms with Gasteiger partial charge in [-0.25, -0.2) is 0 Å². The summed E-state index contributed by atoms with van der Waals surface area (Å²) < 4.78 is 4.87. The third-order valence-electron chi connectivity index (χ3n) is 3.50. The zero-order chi connectivity index (χ0) is 14.8. The molecular weight excluding hydrogens is 258 g/mol. The Morgan fingerprint density at radius 2 is 1.90 bits per heavy atom. The van der Waals surface area contributed by atoms with Gasteiger partial charge in [-0.15, -0.1) is 0 Å². The molecule has 1 unspecified atom stereocenters. The fourth-order valence-electron chi connectivity index (χ4n) is 2.22. The van der Waals surface area contributed by atoms with Gasteiger partial charge in [-0.3, -0.25) is 9.59 Å². The van der Waals surface area contributed by atoms with Gasteiger partial charge in [-0.05, 0) is 26.2 Å². The Bertz CT molecular complexity index is 304. The van der Waals surface area contributed by atoms with E-state index in [1.165, 1.54) is 6.42 Å². The minimum atomic E-state index is -0.291. The van der Waals surface area contributed by atoms with Crippen molar-refractivity contribution in [1.82, 2.24) is 15.5 Å². The fraction of sp³-hybridized carbons (Fsp3) is 0.857. The van der Waals surface area contributed by atoms with E-state index in [9.17, 15) is 9.59 Å². The summed E-state index contributed by atoms with van der Waals surface area (Å²) in [7, 11) is 1.60. The van der Waals surface area contributed by atoms with Crippen LogP contribution in [0.3, 0.4) is 0 Å². The van der Waals surface area contributed by atoms with Gasteiger partial charge in [0.05, 0.1) is 12.6 Å². The third-order valence-corrected chi connectivity index (χ3v) is 3.50. The normalized spacial score (nSPS) is 16.8. The van der Waals surface area contributed by atoms with Crippen molar-refractivity contribution < 1.29 is 14.3 Å². The van der Waals surface area contributed by atoms with E-state index < -0.39 is 0 Å². The number of hydrogen-bond donors (Lipinski definition) is 2. The predicted molar refractivity (Wildman–Crippen MR) is 77.4 cm³/mol. The number of rotatable bonds is 8. The zero-order valence-corrected chi connectivity index (χ0v) is 12.6. The fourth-order valence-corrected chi connectivity index (χ4v) is 2.22. The molecule has 1 heterocycles. The van der Waals surface area contributed by atoms with Crippen molar-refractivity contribution in [3.05, 3.63) is 0 Å². The number of piperidine rings is 1. The van der Waals surface area contributed by atoms with Crippen LogP contribution < -0.4 is 10.6 Å². The number of nitrogens with one attached hydrogen (secondary N) is 2. The summed E-state index contributed by atoms with van der Waals surface area (Å²) in [6.45, 7) is 5.11. The molecule has 0 spiro atoms. The summed E-state index contributed by atoms with van der Waals surface area (Å²) in [6, 6.07) is -0.291. The highest BCUT2D eigenvalue weighted by atomic mass is 16.5. The van der Waals surface area contributed by atoms with Gasteiger partial charge >= 0.3 is 0 Å². The smallest absolute Gasteiger partial charge is 0.236 e. The van der Waals surface area contributed by atoms with Gasteiger partial charge in [0, 0.05) is 39.7 Å². The second kappa shape index (κ2) is 9.72. The standard InChI is InChI=1S/C14H27N3O3/c1-12(14(19)16-8-11-20-2)15-7-6-13(18)17-9-4-3-5-10-17/h12,15H,3-11H2,1-2H3,(H,16,19). The van der Waals surface area contributed by atoms with Gasteiger partial charge in [-0.1, -0.05) is 0 Å². The molecule has 1 aliphatic heterocycles. The van der Waals surface area contributed by atoms with Crippen LogP contribution >= 0.6 is 0 Å². The molecule has 2 N–H and O–H groups in total. The van der Waals surface area contributed by atoms with Crippen molar-refractivity contribution in [2.75, 3.05) is 39.9 Å². The first kappa shape index (κ1) is 16.9. The number of ether oxygens (including phenoxy) is 1. The predicted octanol–water partition coefficient (Wildman–Crippen LogP) is 0.130. The second-order valence-corrected chi connectivity index (χ2v) is 5.15. The highest BCUT2D eigenvalue weighted by molar-refractivity contribution is 5.81. The van der Waals surface area contributed by atoms with Gasteiger partial charge in [0.15, 0.2) is 0 Å². The number of carbonyl (C=O) groups excluding carboxylic acids is 2. The van der Waals surface area contributed by atoms with Crippen molar-refractivity contribution in [3.63, 3.8) is 0 Å². The number of carbonyl (C=O) groups is 2. The monoisotopic (exact) mass is 285 g/mol. The molecule has 0 saturated carbocycles. The molecule has 20 heavy (non-hydrogen) atoms. The highest BCUT2D eigenvalue weighted by Gasteiger charge is 2.17. The van der Waals surface area contributed by atoms with E-state index >= 15 is 0 Å². The lowest BCUT2D eigenvalue weighted by molar-refractivity contribution is -0.132. The molecule has 0 bridgehead atoms. The van der Waals surface area contributed by atoms with Crippen molar-refractivity contribution in [2.24, 2.45) is 0 Å². The number of hydrogen-bond acceptors (Lipinski definition) is 4. The summed E-state index contributed by atoms with van der Waals surface area (Å²) >= 11 is 0. The van der Waals surface area contributed by atoms with E-state index in [0.29, 0.717) is 26.1 Å². The number of likely N-dealkylation sites (tertiary alicyclic amines) is 1. The molecular formula is C14H27N3O3. The number of nitrogens with zero attached hydrogens (tertiary/aromatic N) is 1. The molecule has 0 radical (unpaired) electrons. The first-order chi connectivity index (χ1) is 9.65. The molecule has 116 valence electrons. The highest BCUT2D eigenvalue weighted by Crippen LogP contribution is 2.09. The van der Waals surface area contributed by atoms with Crippen LogP contribution in [-0.2, 0) is 14.3 Å². The molecule has 0 aliphatic carbocycles. The minimum Gasteiger partial charge on any atom is -0.383 e. The second-order valence-electron chi connectivity index (χ2n) is 5.15. The van der Waals surface area contributed by atoms with E-state index in [1.54, 1.807) is 14.0 Å². The maximum absolute atomic E-state index is 11.9. The molecule has 0 aromatic rings. The lowest BCUT2D eigenvalue weighted by Gasteiger charge is -2.27. The van der Waals surface area contributed by atoms with E-state index in [1.807, 2.05) is 4.90 Å². The average Bonchev–Trinajstić information content (AvgIpc) is 2.48. The van der Waals surface area contributed by atoms with Crippen LogP contribution in [0.4, 0.5) is 0 Å². The summed E-state index contributed by atoms with van der Waals surface area (Å²) in [4.78, 5) is 25.5. The van der Waals surface area contributed by atoms with Crippen molar-refractivity contribution in [1.29, 1.82) is 0 Å². The van der Waals surface area contributed by atoms with Gasteiger partial charge in [0.25, 0.3) is 0 Å². The molecule has 2 amide bonds. The van der Waals surface area contributed by atoms with E-state index in [0.717, 1.165) is 25.9 Å². The van der Waals surface area contributed by atoms with Crippen molar-refractivity contribution in [3.8, 4) is 0 Å². The first-order valence-electron chi connectivity index (χ1n) is 7.43. The Hall–Kier alpha value is -1.14. The lowest BCUT2D eigenvalue weighted by atomic mass is 10.1. The topological polar surface area (TPSA) is 70.7 Å². The van der Waals surface area contributed by atoms with Crippen molar-refractivity contribution in [2.45, 2.75) is 38.6 Å². The Labute approximate surface area is 121 Å². The van der Waals surface area contributed by atoms with Crippen molar-refractivity contribution >= 4 is 11.8 Å². The first-order valence-corrected chi connectivity index (χ1v) is 7.43. The van der Waals surface area contributed by atoms with Crippen LogP contribution in [0.5, 0.6) is 0 Å². The SMILES string of the molecule is COCCNC(=O)C(C)NCCC(=O)N1CCCCC1. The molecule has 1 fully saturated rings. The van der Waals surface area contributed by atoms with Crippen LogP contribution in [0.2, 0.25) is 0 Å². The molecule has 1 rings (SSSR count). The maximum Gasteiger partial charge on any atom is 0.236 e. The number of methoxy groups -OCH3 is 1. The largest absolute Gasteiger partial charge is 0.383 e. The van der Waals surface area contributed by atoms with E-state index in [2.05, 4.69) is 10.6 Å². The van der Waals surface area contributed by atoms with E-state index in [-0.39, 0.29) is 17.9 Å². The Kier molecular flexibility index (Phi) is 8.22. The van der Waals surface area contributed by atoms with Gasteiger partial charge in [-0.2, -0.15) is 0 Å². The quantitative estimate of drug-likeness (QED) is 0.622. The molecule has 0 aromatic carbocycles. The lowest BCUT2D eigenvalue weighted by Crippen LogP contribution is -2.44. The van der Waals surface area contributed by atoms with Gasteiger partial charge < -0.3 is 20.3 Å².